The number of methoxy groups -OCH3 is 2. The van der Waals surface area contributed by atoms with E-state index in [1.54, 1.807) is 18.2 Å². The Bertz CT molecular complexity index is 894. The lowest BCUT2D eigenvalue weighted by atomic mass is 10.0. The molecule has 3 rings (SSSR count). The summed E-state index contributed by atoms with van der Waals surface area (Å²) in [5, 5.41) is 21.4. The zero-order valence-electron chi connectivity index (χ0n) is 12.5. The summed E-state index contributed by atoms with van der Waals surface area (Å²) in [5.74, 6) is 0.545. The average molecular weight is 308 g/mol. The maximum atomic E-state index is 12.5. The van der Waals surface area contributed by atoms with Crippen LogP contribution in [0.1, 0.15) is 21.5 Å². The third-order valence-corrected chi connectivity index (χ3v) is 3.67. The van der Waals surface area contributed by atoms with Crippen molar-refractivity contribution >= 4 is 17.2 Å². The van der Waals surface area contributed by atoms with Gasteiger partial charge < -0.3 is 14.7 Å². The molecule has 0 bridgehead atoms. The van der Waals surface area contributed by atoms with Crippen molar-refractivity contribution in [1.82, 2.24) is 0 Å². The molecule has 2 aromatic carbocycles. The molecule has 6 nitrogen and oxygen atoms in total. The van der Waals surface area contributed by atoms with Crippen LogP contribution in [0, 0.1) is 16.5 Å². The molecule has 0 N–H and O–H groups in total. The van der Waals surface area contributed by atoms with Gasteiger partial charge in [0.1, 0.15) is 5.56 Å². The summed E-state index contributed by atoms with van der Waals surface area (Å²) < 4.78 is 10.9. The third-order valence-electron chi connectivity index (χ3n) is 3.67. The van der Waals surface area contributed by atoms with Gasteiger partial charge in [0.05, 0.1) is 31.4 Å². The maximum Gasteiger partial charge on any atom is 0.273 e. The number of fused-ring (bicyclic) bond motifs is 1. The Hall–Kier alpha value is -3.33. The lowest BCUT2D eigenvalue weighted by Crippen LogP contribution is -2.16. The second kappa shape index (κ2) is 5.46. The van der Waals surface area contributed by atoms with Crippen LogP contribution < -0.4 is 9.47 Å². The van der Waals surface area contributed by atoms with Crippen molar-refractivity contribution in [2.45, 2.75) is 0 Å². The largest absolute Gasteiger partial charge is 0.618 e. The molecule has 0 saturated carbocycles. The van der Waals surface area contributed by atoms with Crippen molar-refractivity contribution in [2.24, 2.45) is 0 Å². The van der Waals surface area contributed by atoms with Crippen LogP contribution in [-0.2, 0) is 0 Å². The second-order valence-corrected chi connectivity index (χ2v) is 4.89. The number of ketones is 1. The van der Waals surface area contributed by atoms with E-state index in [1.807, 2.05) is 6.07 Å². The highest BCUT2D eigenvalue weighted by atomic mass is 16.5. The minimum atomic E-state index is -0.383. The van der Waals surface area contributed by atoms with Gasteiger partial charge in [-0.2, -0.15) is 10.0 Å². The van der Waals surface area contributed by atoms with Crippen LogP contribution >= 0.6 is 0 Å². The van der Waals surface area contributed by atoms with Crippen LogP contribution in [0.2, 0.25) is 0 Å². The Balaban J connectivity index is 2.16. The number of hydrogen-bond acceptors (Lipinski definition) is 5. The van der Waals surface area contributed by atoms with Crippen molar-refractivity contribution in [3.63, 3.8) is 0 Å². The van der Waals surface area contributed by atoms with Gasteiger partial charge in [-0.25, -0.2) is 0 Å². The Morgan fingerprint density at radius 1 is 1.09 bits per heavy atom. The van der Waals surface area contributed by atoms with E-state index in [4.69, 9.17) is 14.7 Å². The topological polar surface area (TPSA) is 85.4 Å². The minimum absolute atomic E-state index is 0.00366. The Labute approximate surface area is 132 Å². The molecule has 6 heteroatoms. The zero-order chi connectivity index (χ0) is 16.6. The number of nitrogens with zero attached hydrogens (tertiary/aromatic N) is 2. The van der Waals surface area contributed by atoms with Crippen LogP contribution in [0.15, 0.2) is 36.4 Å². The van der Waals surface area contributed by atoms with E-state index in [1.165, 1.54) is 32.4 Å². The lowest BCUT2D eigenvalue weighted by Gasteiger charge is -2.08. The van der Waals surface area contributed by atoms with Gasteiger partial charge >= 0.3 is 0 Å². The molecule has 0 saturated heterocycles. The molecular formula is C17H12N2O4. The number of hydrogen-bond donors (Lipinski definition) is 0. The predicted molar refractivity (Wildman–Crippen MR) is 82.4 cm³/mol. The Kier molecular flexibility index (Phi) is 3.47. The van der Waals surface area contributed by atoms with Crippen LogP contribution in [0.3, 0.4) is 0 Å². The Morgan fingerprint density at radius 3 is 2.48 bits per heavy atom. The van der Waals surface area contributed by atoms with Crippen LogP contribution in [0.5, 0.6) is 11.5 Å². The van der Waals surface area contributed by atoms with Gasteiger partial charge in [-0.3, -0.25) is 4.79 Å². The zero-order valence-corrected chi connectivity index (χ0v) is 12.5. The first-order valence-corrected chi connectivity index (χ1v) is 6.76. The second-order valence-electron chi connectivity index (χ2n) is 4.89. The first-order valence-electron chi connectivity index (χ1n) is 6.76. The van der Waals surface area contributed by atoms with Gasteiger partial charge in [0.25, 0.3) is 11.5 Å². The van der Waals surface area contributed by atoms with Crippen LogP contribution in [0.4, 0.5) is 5.69 Å². The molecule has 0 aromatic heterocycles. The molecule has 1 aliphatic heterocycles. The molecule has 0 radical (unpaired) electrons. The van der Waals surface area contributed by atoms with Gasteiger partial charge in [-0.05, 0) is 30.3 Å². The van der Waals surface area contributed by atoms with Gasteiger partial charge in [-0.1, -0.05) is 0 Å². The van der Waals surface area contributed by atoms with E-state index in [0.29, 0.717) is 27.4 Å². The van der Waals surface area contributed by atoms with Crippen molar-refractivity contribution in [3.05, 3.63) is 58.3 Å². The van der Waals surface area contributed by atoms with Crippen molar-refractivity contribution in [1.29, 1.82) is 5.26 Å². The predicted octanol–water partition coefficient (Wildman–Crippen LogP) is 2.40. The standard InChI is InChI=1S/C17H12N2O4/c1-22-14-6-4-11(8-15(14)23-2)16-17(20)12-5-3-10(9-18)7-13(12)19(16)21/h3-8H,1-2H3. The molecule has 0 aliphatic carbocycles. The van der Waals surface area contributed by atoms with E-state index in [9.17, 15) is 10.0 Å². The highest BCUT2D eigenvalue weighted by Gasteiger charge is 2.37. The summed E-state index contributed by atoms with van der Waals surface area (Å²) in [7, 11) is 2.98. The van der Waals surface area contributed by atoms with Crippen molar-refractivity contribution in [3.8, 4) is 17.6 Å². The fraction of sp³-hybridized carbons (Fsp3) is 0.118. The number of nitriles is 1. The summed E-state index contributed by atoms with van der Waals surface area (Å²) in [6.07, 6.45) is 0. The number of benzene rings is 2. The highest BCUT2D eigenvalue weighted by molar-refractivity contribution is 6.52. The van der Waals surface area contributed by atoms with Crippen molar-refractivity contribution < 1.29 is 19.0 Å². The summed E-state index contributed by atoms with van der Waals surface area (Å²) in [6.45, 7) is 0. The van der Waals surface area contributed by atoms with Gasteiger partial charge in [0.15, 0.2) is 11.5 Å². The molecule has 23 heavy (non-hydrogen) atoms. The molecule has 1 aliphatic rings. The van der Waals surface area contributed by atoms with E-state index in [0.717, 1.165) is 0 Å². The summed E-state index contributed by atoms with van der Waals surface area (Å²) in [4.78, 5) is 12.5. The molecular weight excluding hydrogens is 296 g/mol. The molecule has 0 amide bonds. The molecule has 1 heterocycles. The normalized spacial score (nSPS) is 12.8. The highest BCUT2D eigenvalue weighted by Crippen LogP contribution is 2.32. The molecule has 0 fully saturated rings. The first kappa shape index (κ1) is 14.6. The van der Waals surface area contributed by atoms with Crippen LogP contribution in [0.25, 0.3) is 0 Å². The summed E-state index contributed by atoms with van der Waals surface area (Å²) in [5.41, 5.74) is 1.21. The minimum Gasteiger partial charge on any atom is -0.618 e. The number of carbonyl (C=O) groups excluding carboxylic acids is 1. The van der Waals surface area contributed by atoms with Crippen LogP contribution in [-0.4, -0.2) is 30.5 Å². The monoisotopic (exact) mass is 308 g/mol. The number of ether oxygens (including phenoxy) is 2. The van der Waals surface area contributed by atoms with Crippen molar-refractivity contribution in [2.75, 3.05) is 14.2 Å². The lowest BCUT2D eigenvalue weighted by molar-refractivity contribution is -0.355. The average Bonchev–Trinajstić information content (AvgIpc) is 2.84. The fourth-order valence-electron chi connectivity index (χ4n) is 2.53. The summed E-state index contributed by atoms with van der Waals surface area (Å²) in [6, 6.07) is 11.2. The number of rotatable bonds is 3. The SMILES string of the molecule is COc1ccc(C2=[N+]([O-])c3cc(C#N)ccc3C2=O)cc1OC. The van der Waals surface area contributed by atoms with Gasteiger partial charge in [0.2, 0.25) is 5.69 Å². The van der Waals surface area contributed by atoms with Gasteiger partial charge in [0, 0.05) is 6.07 Å². The first-order chi connectivity index (χ1) is 11.1. The quantitative estimate of drug-likeness (QED) is 0.642. The van der Waals surface area contributed by atoms with Gasteiger partial charge in [-0.15, -0.1) is 0 Å². The Morgan fingerprint density at radius 2 is 1.83 bits per heavy atom. The maximum absolute atomic E-state index is 12.5. The van der Waals surface area contributed by atoms with E-state index < -0.39 is 0 Å². The summed E-state index contributed by atoms with van der Waals surface area (Å²) >= 11 is 0. The van der Waals surface area contributed by atoms with E-state index in [-0.39, 0.29) is 22.7 Å². The molecule has 2 aromatic rings. The van der Waals surface area contributed by atoms with E-state index >= 15 is 0 Å². The molecule has 0 atom stereocenters. The molecule has 114 valence electrons. The molecule has 0 spiro atoms. The number of Topliss-reactive ketones (excluding diaryl/α,β-unsaturated/α-hetero) is 1. The molecule has 0 unspecified atom stereocenters. The number of carbonyl (C=O) groups is 1. The smallest absolute Gasteiger partial charge is 0.273 e. The third kappa shape index (κ3) is 2.19. The fourth-order valence-corrected chi connectivity index (χ4v) is 2.53. The van der Waals surface area contributed by atoms with E-state index in [2.05, 4.69) is 0 Å².